The van der Waals surface area contributed by atoms with Crippen LogP contribution in [0.25, 0.3) is 0 Å². The van der Waals surface area contributed by atoms with Gasteiger partial charge in [-0.2, -0.15) is 0 Å². The van der Waals surface area contributed by atoms with E-state index in [0.717, 1.165) is 0 Å². The first-order valence-electron chi connectivity index (χ1n) is 3.70. The summed E-state index contributed by atoms with van der Waals surface area (Å²) in [6, 6.07) is 0. The van der Waals surface area contributed by atoms with E-state index in [1.54, 1.807) is 0 Å². The molecule has 0 fully saturated rings. The molecule has 0 atom stereocenters. The second-order valence-corrected chi connectivity index (χ2v) is 9.39. The number of carbonyl (C=O) groups is 3. The molecule has 3 nitrogen and oxygen atoms in total. The average Bonchev–Trinajstić information content (AvgIpc) is 2.16. The Balaban J connectivity index is -0.000000203. The Hall–Kier alpha value is 1.62. The molecule has 0 heterocycles. The van der Waals surface area contributed by atoms with Crippen molar-refractivity contribution in [1.82, 2.24) is 0 Å². The second kappa shape index (κ2) is 11.2. The van der Waals surface area contributed by atoms with Gasteiger partial charge in [-0.05, 0) is 6.92 Å². The highest BCUT2D eigenvalue weighted by atomic mass is 35.6. The fraction of sp³-hybridized carbons (Fsp3) is 0.571. The number of hydrogen-bond acceptors (Lipinski definition) is 3. The lowest BCUT2D eigenvalue weighted by atomic mass is 10.5. The molecule has 0 saturated carbocycles. The molecule has 0 bridgehead atoms. The van der Waals surface area contributed by atoms with E-state index in [9.17, 15) is 14.4 Å². The van der Waals surface area contributed by atoms with E-state index >= 15 is 0 Å². The van der Waals surface area contributed by atoms with Crippen molar-refractivity contribution >= 4 is 123 Å². The van der Waals surface area contributed by atoms with E-state index in [4.69, 9.17) is 104 Å². The van der Waals surface area contributed by atoms with E-state index in [2.05, 4.69) is 0 Å². The lowest BCUT2D eigenvalue weighted by molar-refractivity contribution is -0.116. The minimum atomic E-state index is -1.72. The molecule has 0 aromatic heterocycles. The molecule has 0 spiro atoms. The maximum absolute atomic E-state index is 10.1. The SMILES string of the molecule is CC(=O)C(Cl)(Cl)Cl.O=CC(Cl)(Cl)Cl.O=CC(Cl)(Cl)Cl. The van der Waals surface area contributed by atoms with Crippen molar-refractivity contribution in [3.63, 3.8) is 0 Å². The lowest BCUT2D eigenvalue weighted by Gasteiger charge is -2.01. The summed E-state index contributed by atoms with van der Waals surface area (Å²) in [5.74, 6) is -0.461. The molecular formula is C7H5Cl9O3. The highest BCUT2D eigenvalue weighted by molar-refractivity contribution is 6.76. The van der Waals surface area contributed by atoms with Crippen molar-refractivity contribution < 1.29 is 14.4 Å². The van der Waals surface area contributed by atoms with Gasteiger partial charge >= 0.3 is 0 Å². The molecule has 0 N–H and O–H groups in total. The summed E-state index contributed by atoms with van der Waals surface area (Å²) < 4.78 is -5.17. The standard InChI is InChI=1S/C3H3Cl3O.2C2HCl3O/c1-2(7)3(4,5)6;2*3-2(4,5)1-6/h1H3;2*1H. The summed E-state index contributed by atoms with van der Waals surface area (Å²) >= 11 is 44.4. The number of Topliss-reactive ketones (excluding diaryl/α,β-unsaturated/α-hetero) is 1. The Morgan fingerprint density at radius 3 is 0.842 bits per heavy atom. The fourth-order valence-electron chi connectivity index (χ4n) is 0. The molecule has 19 heavy (non-hydrogen) atoms. The van der Waals surface area contributed by atoms with Crippen LogP contribution < -0.4 is 0 Å². The van der Waals surface area contributed by atoms with Crippen LogP contribution in [-0.4, -0.2) is 29.7 Å². The summed E-state index contributed by atoms with van der Waals surface area (Å²) in [4.78, 5) is 28.9. The molecule has 114 valence electrons. The number of aldehydes is 2. The third-order valence-electron chi connectivity index (χ3n) is 0.666. The largest absolute Gasteiger partial charge is 0.299 e. The number of rotatable bonds is 0. The maximum Gasteiger partial charge on any atom is 0.248 e. The van der Waals surface area contributed by atoms with Gasteiger partial charge in [0, 0.05) is 0 Å². The molecule has 0 saturated heterocycles. The van der Waals surface area contributed by atoms with E-state index in [0.29, 0.717) is 0 Å². The first kappa shape index (κ1) is 25.6. The molecule has 0 amide bonds. The quantitative estimate of drug-likeness (QED) is 0.379. The van der Waals surface area contributed by atoms with Gasteiger partial charge < -0.3 is 0 Å². The van der Waals surface area contributed by atoms with Crippen LogP contribution in [0.2, 0.25) is 0 Å². The van der Waals surface area contributed by atoms with Gasteiger partial charge in [0.2, 0.25) is 11.4 Å². The van der Waals surface area contributed by atoms with Gasteiger partial charge in [0.05, 0.1) is 0 Å². The predicted molar refractivity (Wildman–Crippen MR) is 83.7 cm³/mol. The van der Waals surface area contributed by atoms with Gasteiger partial charge in [0.1, 0.15) is 0 Å². The van der Waals surface area contributed by atoms with Gasteiger partial charge in [0.15, 0.2) is 18.4 Å². The summed E-state index contributed by atoms with van der Waals surface area (Å²) in [6.45, 7) is 1.22. The second-order valence-electron chi connectivity index (χ2n) is 2.37. The van der Waals surface area contributed by atoms with Crippen LogP contribution in [0.4, 0.5) is 0 Å². The molecular weight excluding hydrogens is 451 g/mol. The van der Waals surface area contributed by atoms with E-state index in [-0.39, 0.29) is 12.6 Å². The monoisotopic (exact) mass is 452 g/mol. The molecule has 0 aliphatic heterocycles. The van der Waals surface area contributed by atoms with Crippen molar-refractivity contribution in [2.24, 2.45) is 0 Å². The van der Waals surface area contributed by atoms with Crippen molar-refractivity contribution in [1.29, 1.82) is 0 Å². The summed E-state index contributed by atoms with van der Waals surface area (Å²) in [6.07, 6.45) is 0.468. The van der Waals surface area contributed by atoms with Crippen LogP contribution in [0.15, 0.2) is 0 Å². The predicted octanol–water partition coefficient (Wildman–Crippen LogP) is 5.06. The normalized spacial score (nSPS) is 11.3. The topological polar surface area (TPSA) is 51.2 Å². The van der Waals surface area contributed by atoms with Crippen LogP contribution in [0.1, 0.15) is 6.92 Å². The summed E-state index contributed by atoms with van der Waals surface area (Å²) in [7, 11) is 0. The van der Waals surface area contributed by atoms with Crippen LogP contribution in [-0.2, 0) is 14.4 Å². The van der Waals surface area contributed by atoms with Gasteiger partial charge in [-0.1, -0.05) is 104 Å². The summed E-state index contributed by atoms with van der Waals surface area (Å²) in [5.41, 5.74) is 0. The third-order valence-corrected chi connectivity index (χ3v) is 2.00. The van der Waals surface area contributed by atoms with Crippen LogP contribution in [0, 0.1) is 0 Å². The van der Waals surface area contributed by atoms with Gasteiger partial charge in [0.25, 0.3) is 0 Å². The zero-order valence-corrected chi connectivity index (χ0v) is 15.6. The molecule has 0 aliphatic carbocycles. The smallest absolute Gasteiger partial charge is 0.248 e. The first-order chi connectivity index (χ1) is 8.06. The third kappa shape index (κ3) is 32.8. The number of carbonyl (C=O) groups excluding carboxylic acids is 3. The highest BCUT2D eigenvalue weighted by Gasteiger charge is 2.25. The van der Waals surface area contributed by atoms with Crippen molar-refractivity contribution in [3.8, 4) is 0 Å². The minimum Gasteiger partial charge on any atom is -0.299 e. The summed E-state index contributed by atoms with van der Waals surface area (Å²) in [5, 5.41) is 0. The van der Waals surface area contributed by atoms with Crippen LogP contribution in [0.5, 0.6) is 0 Å². The number of alkyl halides is 9. The van der Waals surface area contributed by atoms with Crippen LogP contribution >= 0.6 is 104 Å². The zero-order chi connectivity index (χ0) is 16.5. The molecule has 0 radical (unpaired) electrons. The van der Waals surface area contributed by atoms with E-state index in [1.165, 1.54) is 6.92 Å². The first-order valence-corrected chi connectivity index (χ1v) is 7.11. The Morgan fingerprint density at radius 2 is 0.842 bits per heavy atom. The molecule has 0 aromatic carbocycles. The van der Waals surface area contributed by atoms with Crippen LogP contribution in [0.3, 0.4) is 0 Å². The highest BCUT2D eigenvalue weighted by Crippen LogP contribution is 2.26. The molecule has 0 unspecified atom stereocenters. The Bertz CT molecular complexity index is 268. The van der Waals surface area contributed by atoms with Crippen molar-refractivity contribution in [2.45, 2.75) is 18.3 Å². The van der Waals surface area contributed by atoms with Gasteiger partial charge in [-0.25, -0.2) is 0 Å². The number of hydrogen-bond donors (Lipinski definition) is 0. The molecule has 0 aliphatic rings. The Kier molecular flexibility index (Phi) is 15.1. The average molecular weight is 456 g/mol. The molecule has 0 aromatic rings. The lowest BCUT2D eigenvalue weighted by Crippen LogP contribution is -2.13. The van der Waals surface area contributed by atoms with E-state index < -0.39 is 17.2 Å². The maximum atomic E-state index is 10.1. The molecule has 12 heteroatoms. The van der Waals surface area contributed by atoms with Gasteiger partial charge in [-0.15, -0.1) is 0 Å². The van der Waals surface area contributed by atoms with Gasteiger partial charge in [-0.3, -0.25) is 14.4 Å². The van der Waals surface area contributed by atoms with E-state index in [1.807, 2.05) is 0 Å². The minimum absolute atomic E-state index is 0.234. The fourth-order valence-corrected chi connectivity index (χ4v) is 0. The number of ketones is 1. The zero-order valence-electron chi connectivity index (χ0n) is 8.78. The van der Waals surface area contributed by atoms with Crippen molar-refractivity contribution in [3.05, 3.63) is 0 Å². The van der Waals surface area contributed by atoms with Crippen molar-refractivity contribution in [2.75, 3.05) is 0 Å². The Morgan fingerprint density at radius 1 is 0.737 bits per heavy atom. The number of halogens is 9. The Labute approximate surface area is 154 Å². The molecule has 0 rings (SSSR count).